The molecule has 0 aliphatic carbocycles. The van der Waals surface area contributed by atoms with Gasteiger partial charge in [0.1, 0.15) is 0 Å². The van der Waals surface area contributed by atoms with E-state index in [1.807, 2.05) is 60.7 Å². The Balaban J connectivity index is 2.21. The van der Waals surface area contributed by atoms with Crippen molar-refractivity contribution in [3.8, 4) is 0 Å². The summed E-state index contributed by atoms with van der Waals surface area (Å²) in [5.74, 6) is 0. The predicted molar refractivity (Wildman–Crippen MR) is 72.8 cm³/mol. The van der Waals surface area contributed by atoms with E-state index in [1.165, 1.54) is 0 Å². The first-order valence-electron chi connectivity index (χ1n) is 5.75. The molecular formula is C14H15NO2S. The van der Waals surface area contributed by atoms with Crippen LogP contribution in [0.5, 0.6) is 0 Å². The van der Waals surface area contributed by atoms with Crippen LogP contribution in [0.4, 0.5) is 0 Å². The first kappa shape index (κ1) is 12.8. The van der Waals surface area contributed by atoms with Crippen LogP contribution >= 0.6 is 0 Å². The van der Waals surface area contributed by atoms with E-state index in [9.17, 15) is 8.42 Å². The summed E-state index contributed by atoms with van der Waals surface area (Å²) in [6, 6.07) is 19.2. The SMILES string of the molecule is O=[SH](=O)N[C@H](Cc1ccccc1)c1ccccc1. The van der Waals surface area contributed by atoms with Crippen LogP contribution in [0.15, 0.2) is 60.7 Å². The maximum absolute atomic E-state index is 10.9. The van der Waals surface area contributed by atoms with Gasteiger partial charge in [0.25, 0.3) is 0 Å². The van der Waals surface area contributed by atoms with Gasteiger partial charge < -0.3 is 0 Å². The third-order valence-electron chi connectivity index (χ3n) is 2.75. The maximum Gasteiger partial charge on any atom is 0.201 e. The Bertz CT molecular complexity index is 545. The van der Waals surface area contributed by atoms with Gasteiger partial charge in [-0.3, -0.25) is 0 Å². The molecule has 2 rings (SSSR count). The van der Waals surface area contributed by atoms with E-state index in [2.05, 4.69) is 4.72 Å². The van der Waals surface area contributed by atoms with Crippen molar-refractivity contribution >= 4 is 10.9 Å². The highest BCUT2D eigenvalue weighted by molar-refractivity contribution is 7.70. The molecule has 0 aromatic heterocycles. The topological polar surface area (TPSA) is 46.2 Å². The molecule has 0 saturated heterocycles. The molecule has 3 nitrogen and oxygen atoms in total. The minimum Gasteiger partial charge on any atom is -0.215 e. The number of hydrogen-bond acceptors (Lipinski definition) is 2. The minimum atomic E-state index is -2.61. The van der Waals surface area contributed by atoms with Crippen molar-refractivity contribution < 1.29 is 8.42 Å². The molecule has 94 valence electrons. The molecule has 0 heterocycles. The average molecular weight is 261 g/mol. The average Bonchev–Trinajstić information content (AvgIpc) is 2.40. The van der Waals surface area contributed by atoms with E-state index in [4.69, 9.17) is 0 Å². The summed E-state index contributed by atoms with van der Waals surface area (Å²) >= 11 is 0. The lowest BCUT2D eigenvalue weighted by Gasteiger charge is -2.15. The van der Waals surface area contributed by atoms with E-state index >= 15 is 0 Å². The number of hydrogen-bond donors (Lipinski definition) is 2. The van der Waals surface area contributed by atoms with Gasteiger partial charge in [-0.05, 0) is 17.5 Å². The standard InChI is InChI=1S/C14H15NO2S/c16-18(17)15-14(13-9-5-2-6-10-13)11-12-7-3-1-4-8-12/h1-10,14,18H,11H2,(H,15,16,17)/t14-/m1/s1. The van der Waals surface area contributed by atoms with E-state index < -0.39 is 10.9 Å². The monoisotopic (exact) mass is 261 g/mol. The fourth-order valence-corrected chi connectivity index (χ4v) is 2.40. The molecule has 4 heteroatoms. The molecule has 0 radical (unpaired) electrons. The van der Waals surface area contributed by atoms with Crippen molar-refractivity contribution in [2.45, 2.75) is 12.5 Å². The summed E-state index contributed by atoms with van der Waals surface area (Å²) in [6.07, 6.45) is 0.647. The predicted octanol–water partition coefficient (Wildman–Crippen LogP) is 2.09. The van der Waals surface area contributed by atoms with Gasteiger partial charge in [0.05, 0.1) is 6.04 Å². The Morgan fingerprint density at radius 1 is 0.889 bits per heavy atom. The highest BCUT2D eigenvalue weighted by Gasteiger charge is 2.12. The lowest BCUT2D eigenvalue weighted by Crippen LogP contribution is -2.21. The molecule has 2 aromatic carbocycles. The van der Waals surface area contributed by atoms with Crippen LogP contribution < -0.4 is 4.72 Å². The van der Waals surface area contributed by atoms with Gasteiger partial charge in [-0.2, -0.15) is 0 Å². The van der Waals surface area contributed by atoms with Gasteiger partial charge in [-0.25, -0.2) is 13.1 Å². The van der Waals surface area contributed by atoms with Crippen LogP contribution in [-0.2, 0) is 17.3 Å². The number of thiol groups is 1. The summed E-state index contributed by atoms with van der Waals surface area (Å²) in [4.78, 5) is 0. The Morgan fingerprint density at radius 2 is 1.44 bits per heavy atom. The summed E-state index contributed by atoms with van der Waals surface area (Å²) in [5.41, 5.74) is 2.08. The molecule has 0 spiro atoms. The van der Waals surface area contributed by atoms with Crippen molar-refractivity contribution in [2.24, 2.45) is 0 Å². The van der Waals surface area contributed by atoms with E-state index in [0.29, 0.717) is 6.42 Å². The maximum atomic E-state index is 10.9. The fourth-order valence-electron chi connectivity index (χ4n) is 1.90. The molecule has 18 heavy (non-hydrogen) atoms. The fraction of sp³-hybridized carbons (Fsp3) is 0.143. The highest BCUT2D eigenvalue weighted by Crippen LogP contribution is 2.18. The molecule has 0 amide bonds. The Labute approximate surface area is 109 Å². The summed E-state index contributed by atoms with van der Waals surface area (Å²) in [6.45, 7) is 0. The van der Waals surface area contributed by atoms with Crippen LogP contribution in [0.3, 0.4) is 0 Å². The van der Waals surface area contributed by atoms with Crippen LogP contribution in [0.1, 0.15) is 17.2 Å². The van der Waals surface area contributed by atoms with Gasteiger partial charge in [0, 0.05) is 0 Å². The second-order valence-electron chi connectivity index (χ2n) is 4.04. The molecule has 1 atom stereocenters. The molecule has 1 N–H and O–H groups in total. The van der Waals surface area contributed by atoms with Crippen molar-refractivity contribution in [1.82, 2.24) is 4.72 Å². The van der Waals surface area contributed by atoms with E-state index in [1.54, 1.807) is 0 Å². The second kappa shape index (κ2) is 6.33. The van der Waals surface area contributed by atoms with Crippen LogP contribution in [-0.4, -0.2) is 8.42 Å². The summed E-state index contributed by atoms with van der Waals surface area (Å²) in [7, 11) is -2.61. The van der Waals surface area contributed by atoms with E-state index in [-0.39, 0.29) is 6.04 Å². The van der Waals surface area contributed by atoms with Gasteiger partial charge >= 0.3 is 0 Å². The molecule has 0 fully saturated rings. The van der Waals surface area contributed by atoms with Gasteiger partial charge in [0.15, 0.2) is 0 Å². The molecule has 0 bridgehead atoms. The zero-order valence-corrected chi connectivity index (χ0v) is 10.7. The third kappa shape index (κ3) is 3.68. The van der Waals surface area contributed by atoms with Crippen LogP contribution in [0.25, 0.3) is 0 Å². The molecule has 0 unspecified atom stereocenters. The first-order valence-corrected chi connectivity index (χ1v) is 6.93. The molecule has 0 saturated carbocycles. The highest BCUT2D eigenvalue weighted by atomic mass is 32.2. The number of nitrogens with one attached hydrogen (secondary N) is 1. The van der Waals surface area contributed by atoms with Crippen molar-refractivity contribution in [3.63, 3.8) is 0 Å². The quantitative estimate of drug-likeness (QED) is 0.810. The second-order valence-corrected chi connectivity index (χ2v) is 4.81. The Kier molecular flexibility index (Phi) is 4.50. The molecule has 0 aliphatic heterocycles. The van der Waals surface area contributed by atoms with Gasteiger partial charge in [0.2, 0.25) is 10.9 Å². The Hall–Kier alpha value is -1.65. The summed E-state index contributed by atoms with van der Waals surface area (Å²) < 4.78 is 24.4. The van der Waals surface area contributed by atoms with Gasteiger partial charge in [-0.1, -0.05) is 60.7 Å². The van der Waals surface area contributed by atoms with Crippen LogP contribution in [0, 0.1) is 0 Å². The molecule has 2 aromatic rings. The normalized spacial score (nSPS) is 12.5. The first-order chi connectivity index (χ1) is 8.75. The van der Waals surface area contributed by atoms with Crippen molar-refractivity contribution in [2.75, 3.05) is 0 Å². The molecular weight excluding hydrogens is 246 g/mol. The lowest BCUT2D eigenvalue weighted by atomic mass is 10.00. The zero-order valence-electron chi connectivity index (χ0n) is 9.82. The lowest BCUT2D eigenvalue weighted by molar-refractivity contribution is 0.574. The van der Waals surface area contributed by atoms with Gasteiger partial charge in [-0.15, -0.1) is 0 Å². The van der Waals surface area contributed by atoms with Crippen molar-refractivity contribution in [1.29, 1.82) is 0 Å². The van der Waals surface area contributed by atoms with Crippen LogP contribution in [0.2, 0.25) is 0 Å². The largest absolute Gasteiger partial charge is 0.215 e. The van der Waals surface area contributed by atoms with E-state index in [0.717, 1.165) is 11.1 Å². The molecule has 0 aliphatic rings. The Morgan fingerprint density at radius 3 is 2.00 bits per heavy atom. The smallest absolute Gasteiger partial charge is 0.201 e. The summed E-state index contributed by atoms with van der Waals surface area (Å²) in [5, 5.41) is 0. The zero-order chi connectivity index (χ0) is 12.8. The number of benzene rings is 2. The minimum absolute atomic E-state index is 0.213. The van der Waals surface area contributed by atoms with Crippen molar-refractivity contribution in [3.05, 3.63) is 71.8 Å². The third-order valence-corrected chi connectivity index (χ3v) is 3.27. The number of rotatable bonds is 5.